The molecule has 0 aliphatic carbocycles. The average molecular weight is 470 g/mol. The number of carbonyl (C=O) groups excluding carboxylic acids is 2. The van der Waals surface area contributed by atoms with Crippen molar-refractivity contribution in [2.75, 3.05) is 6.54 Å². The maximum Gasteiger partial charge on any atom is 0.326 e. The van der Waals surface area contributed by atoms with Gasteiger partial charge in [-0.25, -0.2) is 9.78 Å². The number of carboxylic acid groups (broad SMARTS) is 1. The number of nitrogens with two attached hydrogens (primary N) is 2. The van der Waals surface area contributed by atoms with Gasteiger partial charge in [0.25, 0.3) is 0 Å². The molecule has 0 unspecified atom stereocenters. The van der Waals surface area contributed by atoms with Crippen molar-refractivity contribution in [3.63, 3.8) is 0 Å². The monoisotopic (exact) mass is 469 g/mol. The number of nitrogens with zero attached hydrogens (tertiary/aromatic N) is 1. The van der Waals surface area contributed by atoms with E-state index >= 15 is 0 Å². The van der Waals surface area contributed by atoms with E-state index in [0.717, 1.165) is 16.5 Å². The highest BCUT2D eigenvalue weighted by Gasteiger charge is 2.28. The Balaban J connectivity index is 1.68. The minimum Gasteiger partial charge on any atom is -0.480 e. The van der Waals surface area contributed by atoms with Crippen LogP contribution in [-0.4, -0.2) is 62.5 Å². The van der Waals surface area contributed by atoms with Gasteiger partial charge < -0.3 is 37.2 Å². The highest BCUT2D eigenvalue weighted by atomic mass is 16.4. The van der Waals surface area contributed by atoms with Crippen LogP contribution in [0, 0.1) is 0 Å². The topological polar surface area (TPSA) is 192 Å². The Kier molecular flexibility index (Phi) is 8.77. The van der Waals surface area contributed by atoms with Crippen LogP contribution in [0.1, 0.15) is 30.5 Å². The molecule has 3 rings (SSSR count). The van der Waals surface area contributed by atoms with E-state index in [9.17, 15) is 19.5 Å². The van der Waals surface area contributed by atoms with Crippen molar-refractivity contribution < 1.29 is 19.5 Å². The van der Waals surface area contributed by atoms with E-state index in [1.807, 2.05) is 30.5 Å². The fourth-order valence-electron chi connectivity index (χ4n) is 3.76. The molecule has 0 spiro atoms. The summed E-state index contributed by atoms with van der Waals surface area (Å²) in [6.07, 6.45) is 6.62. The third-order valence-corrected chi connectivity index (χ3v) is 5.62. The third-order valence-electron chi connectivity index (χ3n) is 5.62. The van der Waals surface area contributed by atoms with E-state index in [0.29, 0.717) is 25.1 Å². The lowest BCUT2D eigenvalue weighted by Crippen LogP contribution is -2.55. The smallest absolute Gasteiger partial charge is 0.326 e. The van der Waals surface area contributed by atoms with E-state index in [1.54, 1.807) is 0 Å². The maximum absolute atomic E-state index is 13.0. The number of para-hydroxylation sites is 1. The largest absolute Gasteiger partial charge is 0.480 e. The first-order chi connectivity index (χ1) is 16.4. The van der Waals surface area contributed by atoms with Crippen molar-refractivity contribution in [1.82, 2.24) is 25.6 Å². The summed E-state index contributed by atoms with van der Waals surface area (Å²) in [6.45, 7) is 0.438. The second-order valence-electron chi connectivity index (χ2n) is 8.20. The third kappa shape index (κ3) is 6.65. The van der Waals surface area contributed by atoms with Gasteiger partial charge in [-0.05, 0) is 43.9 Å². The first-order valence-corrected chi connectivity index (χ1v) is 11.2. The predicted octanol–water partition coefficient (Wildman–Crippen LogP) is 0.187. The number of carboxylic acids is 1. The minimum atomic E-state index is -1.15. The zero-order valence-corrected chi connectivity index (χ0v) is 18.8. The lowest BCUT2D eigenvalue weighted by Gasteiger charge is -2.22. The summed E-state index contributed by atoms with van der Waals surface area (Å²) in [5.74, 6) is -2.27. The molecule has 2 amide bonds. The van der Waals surface area contributed by atoms with Crippen molar-refractivity contribution >= 4 is 28.7 Å². The summed E-state index contributed by atoms with van der Waals surface area (Å²) in [5.41, 5.74) is 14.1. The van der Waals surface area contributed by atoms with Gasteiger partial charge in [-0.15, -0.1) is 0 Å². The normalized spacial score (nSPS) is 13.8. The summed E-state index contributed by atoms with van der Waals surface area (Å²) in [7, 11) is 0. The van der Waals surface area contributed by atoms with Crippen molar-refractivity contribution in [3.05, 3.63) is 54.2 Å². The summed E-state index contributed by atoms with van der Waals surface area (Å²) >= 11 is 0. The fourth-order valence-corrected chi connectivity index (χ4v) is 3.76. The molecule has 0 aliphatic heterocycles. The average Bonchev–Trinajstić information content (AvgIpc) is 3.48. The molecule has 2 aromatic heterocycles. The summed E-state index contributed by atoms with van der Waals surface area (Å²) in [4.78, 5) is 47.5. The molecule has 0 saturated heterocycles. The zero-order chi connectivity index (χ0) is 24.5. The van der Waals surface area contributed by atoms with Crippen LogP contribution in [0.15, 0.2) is 43.0 Å². The number of unbranched alkanes of at least 4 members (excludes halogenated alkanes) is 1. The number of fused-ring (bicyclic) bond motifs is 1. The van der Waals surface area contributed by atoms with E-state index in [1.165, 1.54) is 12.5 Å². The van der Waals surface area contributed by atoms with Crippen LogP contribution in [0.25, 0.3) is 10.9 Å². The SMILES string of the molecule is NCCCC[C@H](NC(=O)[C@@H](Cc1cnc[nH]1)NC(=O)[C@@H](N)Cc1c[nH]c2ccccc12)C(=O)O. The van der Waals surface area contributed by atoms with E-state index in [2.05, 4.69) is 25.6 Å². The molecule has 11 heteroatoms. The fraction of sp³-hybridized carbons (Fsp3) is 0.391. The Labute approximate surface area is 196 Å². The van der Waals surface area contributed by atoms with E-state index in [4.69, 9.17) is 11.5 Å². The number of carbonyl (C=O) groups is 3. The Bertz CT molecular complexity index is 1100. The van der Waals surface area contributed by atoms with Crippen LogP contribution in [0.5, 0.6) is 0 Å². The molecule has 3 aromatic rings. The van der Waals surface area contributed by atoms with Gasteiger partial charge in [0.15, 0.2) is 0 Å². The maximum atomic E-state index is 13.0. The van der Waals surface area contributed by atoms with Crippen molar-refractivity contribution in [2.24, 2.45) is 11.5 Å². The van der Waals surface area contributed by atoms with Gasteiger partial charge in [-0.2, -0.15) is 0 Å². The highest BCUT2D eigenvalue weighted by molar-refractivity contribution is 5.92. The van der Waals surface area contributed by atoms with Crippen LogP contribution in [0.3, 0.4) is 0 Å². The molecule has 3 atom stereocenters. The number of hydrogen-bond donors (Lipinski definition) is 7. The van der Waals surface area contributed by atoms with Crippen LogP contribution in [-0.2, 0) is 27.2 Å². The molecule has 2 heterocycles. The number of aromatic amines is 2. The Morgan fingerprint density at radius 1 is 1.03 bits per heavy atom. The molecule has 0 fully saturated rings. The molecule has 0 bridgehead atoms. The molecule has 1 aromatic carbocycles. The molecule has 182 valence electrons. The molecule has 11 nitrogen and oxygen atoms in total. The van der Waals surface area contributed by atoms with Gasteiger partial charge in [0.2, 0.25) is 11.8 Å². The van der Waals surface area contributed by atoms with Crippen LogP contribution < -0.4 is 22.1 Å². The van der Waals surface area contributed by atoms with Crippen LogP contribution >= 0.6 is 0 Å². The van der Waals surface area contributed by atoms with E-state index in [-0.39, 0.29) is 19.3 Å². The number of hydrogen-bond acceptors (Lipinski definition) is 6. The van der Waals surface area contributed by atoms with Gasteiger partial charge in [-0.3, -0.25) is 9.59 Å². The number of aromatic nitrogens is 3. The molecule has 0 saturated carbocycles. The molecular formula is C23H31N7O4. The summed E-state index contributed by atoms with van der Waals surface area (Å²) in [5, 5.41) is 15.7. The van der Waals surface area contributed by atoms with Crippen LogP contribution in [0.4, 0.5) is 0 Å². The number of nitrogens with one attached hydrogen (secondary N) is 4. The number of rotatable bonds is 13. The summed E-state index contributed by atoms with van der Waals surface area (Å²) < 4.78 is 0. The standard InChI is InChI=1S/C23H31N7O4/c24-8-4-3-7-19(23(33)34)29-22(32)20(10-15-12-26-13-28-15)30-21(31)17(25)9-14-11-27-18-6-2-1-5-16(14)18/h1-2,5-6,11-13,17,19-20,27H,3-4,7-10,24-25H2,(H,26,28)(H,29,32)(H,30,31)(H,33,34)/t17-,19-,20+/m0/s1. The Hall–Kier alpha value is -3.70. The molecule has 9 N–H and O–H groups in total. The minimum absolute atomic E-state index is 0.104. The second-order valence-corrected chi connectivity index (χ2v) is 8.20. The zero-order valence-electron chi connectivity index (χ0n) is 18.8. The Morgan fingerprint density at radius 2 is 1.79 bits per heavy atom. The van der Waals surface area contributed by atoms with Crippen molar-refractivity contribution in [1.29, 1.82) is 0 Å². The van der Waals surface area contributed by atoms with Gasteiger partial charge in [-0.1, -0.05) is 18.2 Å². The van der Waals surface area contributed by atoms with Crippen molar-refractivity contribution in [2.45, 2.75) is 50.2 Å². The van der Waals surface area contributed by atoms with Gasteiger partial charge in [0.05, 0.1) is 12.4 Å². The first-order valence-electron chi connectivity index (χ1n) is 11.2. The van der Waals surface area contributed by atoms with Crippen molar-refractivity contribution in [3.8, 4) is 0 Å². The van der Waals surface area contributed by atoms with Gasteiger partial charge in [0.1, 0.15) is 12.1 Å². The molecule has 34 heavy (non-hydrogen) atoms. The second kappa shape index (κ2) is 12.0. The van der Waals surface area contributed by atoms with Gasteiger partial charge in [0, 0.05) is 35.4 Å². The number of amides is 2. The van der Waals surface area contributed by atoms with Gasteiger partial charge >= 0.3 is 5.97 Å². The molecule has 0 aliphatic rings. The molecular weight excluding hydrogens is 438 g/mol. The number of H-pyrrole nitrogens is 2. The highest BCUT2D eigenvalue weighted by Crippen LogP contribution is 2.18. The Morgan fingerprint density at radius 3 is 2.50 bits per heavy atom. The van der Waals surface area contributed by atoms with E-state index < -0.39 is 35.9 Å². The number of aliphatic carboxylic acids is 1. The summed E-state index contributed by atoms with van der Waals surface area (Å²) in [6, 6.07) is 4.67. The quantitative estimate of drug-likeness (QED) is 0.174. The molecule has 0 radical (unpaired) electrons. The number of imidazole rings is 1. The first kappa shape index (κ1) is 24.9. The predicted molar refractivity (Wildman–Crippen MR) is 127 cm³/mol. The lowest BCUT2D eigenvalue weighted by molar-refractivity contribution is -0.142. The van der Waals surface area contributed by atoms with Crippen LogP contribution in [0.2, 0.25) is 0 Å². The lowest BCUT2D eigenvalue weighted by atomic mass is 10.0. The number of benzene rings is 1.